The zero-order valence-corrected chi connectivity index (χ0v) is 19.1. The molecule has 2 aliphatic heterocycles. The number of carbonyl (C=O) groups is 1. The number of carboxylic acid groups (broad SMARTS) is 1. The molecule has 1 aliphatic carbocycles. The number of fused-ring (bicyclic) bond motifs is 1. The molecule has 3 rings (SSSR count). The van der Waals surface area contributed by atoms with E-state index in [2.05, 4.69) is 25.8 Å². The van der Waals surface area contributed by atoms with Crippen molar-refractivity contribution in [3.63, 3.8) is 0 Å². The number of hydrogen-bond donors (Lipinski definition) is 1. The maximum absolute atomic E-state index is 12.3. The summed E-state index contributed by atoms with van der Waals surface area (Å²) in [6, 6.07) is 0. The standard InChI is InChI=1S/C23H31ClN2O3/c1-12-14(3)26(7)21-17(12)19(15-8-10-16(24)11-9-15)18(13(2)25-21)20(22(27)28)29-23(4,5)6/h8,10,17,20-21H,9,11H2,1-7H3,(H,27,28). The first-order chi connectivity index (χ1) is 13.4. The first kappa shape index (κ1) is 21.8. The Morgan fingerprint density at radius 3 is 2.45 bits per heavy atom. The van der Waals surface area contributed by atoms with Crippen LogP contribution in [0.4, 0.5) is 0 Å². The van der Waals surface area contributed by atoms with Gasteiger partial charge in [0.2, 0.25) is 0 Å². The number of rotatable bonds is 4. The second-order valence-electron chi connectivity index (χ2n) is 9.07. The van der Waals surface area contributed by atoms with E-state index in [1.165, 1.54) is 11.3 Å². The predicted molar refractivity (Wildman–Crippen MR) is 117 cm³/mol. The molecule has 1 N–H and O–H groups in total. The summed E-state index contributed by atoms with van der Waals surface area (Å²) in [6.07, 6.45) is 4.37. The van der Waals surface area contributed by atoms with Crippen LogP contribution in [-0.2, 0) is 9.53 Å². The molecule has 0 aromatic carbocycles. The zero-order valence-electron chi connectivity index (χ0n) is 18.3. The summed E-state index contributed by atoms with van der Waals surface area (Å²) in [7, 11) is 2.05. The quantitative estimate of drug-likeness (QED) is 0.693. The van der Waals surface area contributed by atoms with Crippen LogP contribution in [-0.4, -0.2) is 46.6 Å². The molecule has 158 valence electrons. The van der Waals surface area contributed by atoms with E-state index in [4.69, 9.17) is 21.3 Å². The van der Waals surface area contributed by atoms with E-state index in [0.717, 1.165) is 34.7 Å². The van der Waals surface area contributed by atoms with E-state index in [9.17, 15) is 9.90 Å². The maximum Gasteiger partial charge on any atom is 0.337 e. The number of aliphatic imine (C=N–C) groups is 1. The van der Waals surface area contributed by atoms with Gasteiger partial charge in [0.05, 0.1) is 5.60 Å². The van der Waals surface area contributed by atoms with Gasteiger partial charge >= 0.3 is 5.97 Å². The third kappa shape index (κ3) is 4.08. The lowest BCUT2D eigenvalue weighted by Gasteiger charge is -2.37. The molecule has 0 spiro atoms. The van der Waals surface area contributed by atoms with Crippen molar-refractivity contribution < 1.29 is 14.6 Å². The maximum atomic E-state index is 12.3. The molecule has 0 fully saturated rings. The predicted octanol–water partition coefficient (Wildman–Crippen LogP) is 5.05. The fourth-order valence-electron chi connectivity index (χ4n) is 4.43. The molecule has 3 unspecified atom stereocenters. The van der Waals surface area contributed by atoms with Crippen LogP contribution < -0.4 is 0 Å². The smallest absolute Gasteiger partial charge is 0.337 e. The molecule has 3 aliphatic rings. The molecule has 0 bridgehead atoms. The summed E-state index contributed by atoms with van der Waals surface area (Å²) in [5.74, 6) is -0.976. The summed E-state index contributed by atoms with van der Waals surface area (Å²) in [6.45, 7) is 11.8. The minimum absolute atomic E-state index is 0.0145. The van der Waals surface area contributed by atoms with Crippen LogP contribution in [0.3, 0.4) is 0 Å². The van der Waals surface area contributed by atoms with E-state index in [1.54, 1.807) is 0 Å². The van der Waals surface area contributed by atoms with Gasteiger partial charge in [0.1, 0.15) is 6.17 Å². The third-order valence-electron chi connectivity index (χ3n) is 5.98. The van der Waals surface area contributed by atoms with E-state index < -0.39 is 17.7 Å². The van der Waals surface area contributed by atoms with Crippen molar-refractivity contribution in [2.24, 2.45) is 10.9 Å². The topological polar surface area (TPSA) is 62.1 Å². The number of nitrogens with zero attached hydrogens (tertiary/aromatic N) is 2. The molecular weight excluding hydrogens is 388 g/mol. The monoisotopic (exact) mass is 418 g/mol. The minimum Gasteiger partial charge on any atom is -0.479 e. The molecule has 0 radical (unpaired) electrons. The Kier molecular flexibility index (Phi) is 5.85. The van der Waals surface area contributed by atoms with E-state index in [0.29, 0.717) is 5.57 Å². The largest absolute Gasteiger partial charge is 0.479 e. The normalized spacial score (nSPS) is 26.2. The van der Waals surface area contributed by atoms with Gasteiger partial charge in [0, 0.05) is 35.0 Å². The van der Waals surface area contributed by atoms with Crippen LogP contribution in [0.5, 0.6) is 0 Å². The van der Waals surface area contributed by atoms with Crippen molar-refractivity contribution in [3.8, 4) is 0 Å². The lowest BCUT2D eigenvalue weighted by Crippen LogP contribution is -2.42. The Morgan fingerprint density at radius 2 is 1.93 bits per heavy atom. The summed E-state index contributed by atoms with van der Waals surface area (Å²) in [5, 5.41) is 10.9. The van der Waals surface area contributed by atoms with E-state index >= 15 is 0 Å². The van der Waals surface area contributed by atoms with Gasteiger partial charge in [0.25, 0.3) is 0 Å². The molecule has 0 saturated carbocycles. The molecule has 0 saturated heterocycles. The fraction of sp³-hybridized carbons (Fsp3) is 0.565. The molecule has 5 nitrogen and oxygen atoms in total. The first-order valence-electron chi connectivity index (χ1n) is 10.1. The molecule has 6 heteroatoms. The van der Waals surface area contributed by atoms with Crippen LogP contribution >= 0.6 is 11.6 Å². The summed E-state index contributed by atoms with van der Waals surface area (Å²) in [4.78, 5) is 19.4. The highest BCUT2D eigenvalue weighted by Crippen LogP contribution is 2.47. The van der Waals surface area contributed by atoms with Crippen LogP contribution in [0.25, 0.3) is 0 Å². The van der Waals surface area contributed by atoms with Crippen molar-refractivity contribution in [2.45, 2.75) is 72.3 Å². The van der Waals surface area contributed by atoms with Crippen LogP contribution in [0, 0.1) is 5.92 Å². The van der Waals surface area contributed by atoms with Crippen molar-refractivity contribution in [1.29, 1.82) is 0 Å². The highest BCUT2D eigenvalue weighted by molar-refractivity contribution is 6.29. The third-order valence-corrected chi connectivity index (χ3v) is 6.30. The molecule has 2 heterocycles. The summed E-state index contributed by atoms with van der Waals surface area (Å²) >= 11 is 6.21. The van der Waals surface area contributed by atoms with Gasteiger partial charge in [-0.15, -0.1) is 0 Å². The minimum atomic E-state index is -1.07. The van der Waals surface area contributed by atoms with Gasteiger partial charge in [-0.2, -0.15) is 0 Å². The second kappa shape index (κ2) is 7.77. The molecule has 0 amide bonds. The molecule has 0 aromatic heterocycles. The second-order valence-corrected chi connectivity index (χ2v) is 9.55. The van der Waals surface area contributed by atoms with Gasteiger partial charge in [-0.3, -0.25) is 4.99 Å². The Morgan fingerprint density at radius 1 is 1.28 bits per heavy atom. The Hall–Kier alpha value is -1.85. The van der Waals surface area contributed by atoms with Crippen molar-refractivity contribution >= 4 is 23.3 Å². The Bertz CT molecular complexity index is 886. The Labute approximate surface area is 178 Å². The lowest BCUT2D eigenvalue weighted by atomic mass is 9.76. The van der Waals surface area contributed by atoms with Crippen LogP contribution in [0.2, 0.25) is 0 Å². The van der Waals surface area contributed by atoms with Crippen LogP contribution in [0.1, 0.15) is 54.4 Å². The molecule has 29 heavy (non-hydrogen) atoms. The number of carboxylic acids is 1. The number of hydrogen-bond acceptors (Lipinski definition) is 4. The van der Waals surface area contributed by atoms with Crippen molar-refractivity contribution in [1.82, 2.24) is 4.90 Å². The summed E-state index contributed by atoms with van der Waals surface area (Å²) < 4.78 is 6.05. The molecule has 3 atom stereocenters. The van der Waals surface area contributed by atoms with Gasteiger partial charge in [0.15, 0.2) is 6.10 Å². The number of allylic oxidation sites excluding steroid dienone is 5. The van der Waals surface area contributed by atoms with Gasteiger partial charge in [-0.25, -0.2) is 4.79 Å². The first-order valence-corrected chi connectivity index (χ1v) is 10.5. The molecular formula is C23H31ClN2O3. The van der Waals surface area contributed by atoms with Gasteiger partial charge in [-0.1, -0.05) is 17.7 Å². The number of aliphatic carboxylic acids is 1. The highest BCUT2D eigenvalue weighted by atomic mass is 35.5. The van der Waals surface area contributed by atoms with Crippen LogP contribution in [0.15, 0.2) is 50.2 Å². The number of dihydropyridines is 1. The fourth-order valence-corrected chi connectivity index (χ4v) is 4.59. The number of halogens is 1. The van der Waals surface area contributed by atoms with Crippen molar-refractivity contribution in [3.05, 3.63) is 45.2 Å². The van der Waals surface area contributed by atoms with E-state index in [-0.39, 0.29) is 12.1 Å². The average Bonchev–Trinajstić information content (AvgIpc) is 2.83. The molecule has 0 aromatic rings. The average molecular weight is 419 g/mol. The van der Waals surface area contributed by atoms with E-state index in [1.807, 2.05) is 39.8 Å². The van der Waals surface area contributed by atoms with Gasteiger partial charge in [-0.05, 0) is 77.2 Å². The van der Waals surface area contributed by atoms with Gasteiger partial charge < -0.3 is 14.7 Å². The van der Waals surface area contributed by atoms with Crippen molar-refractivity contribution in [2.75, 3.05) is 7.05 Å². The Balaban J connectivity index is 2.26. The SMILES string of the molecule is CC1=NC2C(C(C)=C(C)N2C)C(C2=CC=C(Cl)CC2)=C1C(OC(C)(C)C)C(=O)O. The summed E-state index contributed by atoms with van der Waals surface area (Å²) in [5.41, 5.74) is 5.39. The highest BCUT2D eigenvalue weighted by Gasteiger charge is 2.45. The number of ether oxygens (including phenoxy) is 1. The lowest BCUT2D eigenvalue weighted by molar-refractivity contribution is -0.155. The zero-order chi connectivity index (χ0) is 21.7.